The number of hydrogen-bond donors (Lipinski definition) is 3. The van der Waals surface area contributed by atoms with Gasteiger partial charge in [0.25, 0.3) is 5.91 Å². The summed E-state index contributed by atoms with van der Waals surface area (Å²) < 4.78 is 5.46. The normalized spacial score (nSPS) is 21.0. The lowest BCUT2D eigenvalue weighted by Crippen LogP contribution is -2.52. The van der Waals surface area contributed by atoms with Gasteiger partial charge in [-0.15, -0.1) is 0 Å². The van der Waals surface area contributed by atoms with Gasteiger partial charge in [-0.1, -0.05) is 17.3 Å². The zero-order chi connectivity index (χ0) is 20.0. The number of imide groups is 1. The molecule has 1 unspecified atom stereocenters. The fraction of sp³-hybridized carbons (Fsp3) is 0.400. The van der Waals surface area contributed by atoms with Crippen molar-refractivity contribution in [1.29, 1.82) is 0 Å². The predicted octanol–water partition coefficient (Wildman–Crippen LogP) is 0.693. The third kappa shape index (κ3) is 3.07. The Balaban J connectivity index is 1.35. The molecule has 0 saturated carbocycles. The smallest absolute Gasteiger partial charge is 0.255 e. The van der Waals surface area contributed by atoms with Crippen molar-refractivity contribution in [3.8, 4) is 0 Å². The molecule has 3 aliphatic rings. The van der Waals surface area contributed by atoms with E-state index in [4.69, 9.17) is 4.52 Å². The van der Waals surface area contributed by atoms with Crippen LogP contribution in [-0.4, -0.2) is 40.4 Å². The van der Waals surface area contributed by atoms with Crippen molar-refractivity contribution in [3.63, 3.8) is 0 Å². The number of anilines is 1. The molecule has 3 aliphatic heterocycles. The maximum atomic E-state index is 12.9. The van der Waals surface area contributed by atoms with Gasteiger partial charge in [-0.25, -0.2) is 0 Å². The Morgan fingerprint density at radius 2 is 2.10 bits per heavy atom. The molecule has 29 heavy (non-hydrogen) atoms. The van der Waals surface area contributed by atoms with Crippen molar-refractivity contribution in [3.05, 3.63) is 46.1 Å². The molecule has 4 heterocycles. The van der Waals surface area contributed by atoms with E-state index in [1.807, 2.05) is 12.1 Å². The van der Waals surface area contributed by atoms with Crippen LogP contribution in [0.5, 0.6) is 0 Å². The van der Waals surface area contributed by atoms with Crippen LogP contribution in [0.3, 0.4) is 0 Å². The predicted molar refractivity (Wildman–Crippen MR) is 102 cm³/mol. The zero-order valence-electron chi connectivity index (χ0n) is 15.8. The van der Waals surface area contributed by atoms with E-state index in [9.17, 15) is 14.4 Å². The molecule has 9 heteroatoms. The number of piperidine rings is 1. The summed E-state index contributed by atoms with van der Waals surface area (Å²) in [5.41, 5.74) is 4.50. The van der Waals surface area contributed by atoms with E-state index in [1.165, 1.54) is 0 Å². The van der Waals surface area contributed by atoms with Crippen molar-refractivity contribution in [2.24, 2.45) is 0 Å². The van der Waals surface area contributed by atoms with Gasteiger partial charge < -0.3 is 20.1 Å². The van der Waals surface area contributed by atoms with E-state index in [0.717, 1.165) is 41.9 Å². The summed E-state index contributed by atoms with van der Waals surface area (Å²) in [5.74, 6) is -0.207. The van der Waals surface area contributed by atoms with Crippen molar-refractivity contribution in [2.75, 3.05) is 11.9 Å². The molecule has 0 aliphatic carbocycles. The van der Waals surface area contributed by atoms with Gasteiger partial charge in [0.1, 0.15) is 6.04 Å². The molecule has 9 nitrogen and oxygen atoms in total. The number of nitrogens with zero attached hydrogens (tertiary/aromatic N) is 2. The summed E-state index contributed by atoms with van der Waals surface area (Å²) in [4.78, 5) is 38.1. The van der Waals surface area contributed by atoms with Gasteiger partial charge in [0, 0.05) is 44.6 Å². The summed E-state index contributed by atoms with van der Waals surface area (Å²) in [6.45, 7) is 2.45. The standard InChI is InChI=1S/C20H21N5O4/c26-17-5-4-16(18(27)23-17)25-10-14-11(2-1-3-12(14)20(25)28)8-22-19-13-9-21-7-6-15(13)24-29-19/h1-3,16,21-22H,4-10H2,(H,23,26,27). The molecule has 1 fully saturated rings. The van der Waals surface area contributed by atoms with Crippen LogP contribution in [0.1, 0.15) is 45.6 Å². The van der Waals surface area contributed by atoms with E-state index < -0.39 is 11.9 Å². The van der Waals surface area contributed by atoms with E-state index in [2.05, 4.69) is 21.1 Å². The lowest BCUT2D eigenvalue weighted by Gasteiger charge is -2.29. The van der Waals surface area contributed by atoms with E-state index in [1.54, 1.807) is 11.0 Å². The van der Waals surface area contributed by atoms with Crippen LogP contribution in [0.4, 0.5) is 5.88 Å². The van der Waals surface area contributed by atoms with Crippen molar-refractivity contribution >= 4 is 23.6 Å². The number of fused-ring (bicyclic) bond motifs is 2. The Morgan fingerprint density at radius 3 is 2.97 bits per heavy atom. The minimum absolute atomic E-state index is 0.169. The van der Waals surface area contributed by atoms with Gasteiger partial charge in [0.15, 0.2) is 0 Å². The summed E-state index contributed by atoms with van der Waals surface area (Å²) in [5, 5.41) is 13.1. The lowest BCUT2D eigenvalue weighted by atomic mass is 10.0. The minimum Gasteiger partial charge on any atom is -0.350 e. The maximum Gasteiger partial charge on any atom is 0.255 e. The molecule has 150 valence electrons. The summed E-state index contributed by atoms with van der Waals surface area (Å²) in [7, 11) is 0. The van der Waals surface area contributed by atoms with Gasteiger partial charge in [-0.05, 0) is 23.6 Å². The number of benzene rings is 1. The molecule has 0 bridgehead atoms. The van der Waals surface area contributed by atoms with Crippen LogP contribution in [0.25, 0.3) is 0 Å². The monoisotopic (exact) mass is 395 g/mol. The Labute approximate surface area is 166 Å². The topological polar surface area (TPSA) is 117 Å². The number of amides is 3. The van der Waals surface area contributed by atoms with Crippen LogP contribution < -0.4 is 16.0 Å². The average molecular weight is 395 g/mol. The largest absolute Gasteiger partial charge is 0.350 e. The quantitative estimate of drug-likeness (QED) is 0.652. The second-order valence-electron chi connectivity index (χ2n) is 7.56. The molecule has 1 aromatic carbocycles. The molecule has 1 atom stereocenters. The highest BCUT2D eigenvalue weighted by Crippen LogP contribution is 2.31. The third-order valence-corrected chi connectivity index (χ3v) is 5.83. The van der Waals surface area contributed by atoms with Crippen molar-refractivity contribution < 1.29 is 18.9 Å². The first-order valence-corrected chi connectivity index (χ1v) is 9.79. The van der Waals surface area contributed by atoms with Gasteiger partial charge in [0.2, 0.25) is 17.7 Å². The molecule has 3 amide bonds. The van der Waals surface area contributed by atoms with Crippen LogP contribution in [0.15, 0.2) is 22.7 Å². The fourth-order valence-corrected chi connectivity index (χ4v) is 4.27. The molecule has 5 rings (SSSR count). The maximum absolute atomic E-state index is 12.9. The van der Waals surface area contributed by atoms with Crippen LogP contribution in [0.2, 0.25) is 0 Å². The van der Waals surface area contributed by atoms with Crippen molar-refractivity contribution in [2.45, 2.75) is 44.9 Å². The number of hydrogen-bond acceptors (Lipinski definition) is 7. The molecule has 0 spiro atoms. The Morgan fingerprint density at radius 1 is 1.21 bits per heavy atom. The molecule has 3 N–H and O–H groups in total. The Hall–Kier alpha value is -3.20. The molecular formula is C20H21N5O4. The second kappa shape index (κ2) is 7.00. The zero-order valence-corrected chi connectivity index (χ0v) is 15.8. The highest BCUT2D eigenvalue weighted by Gasteiger charge is 2.39. The van der Waals surface area contributed by atoms with Gasteiger partial charge in [-0.3, -0.25) is 19.7 Å². The molecule has 0 radical (unpaired) electrons. The van der Waals surface area contributed by atoms with Gasteiger partial charge >= 0.3 is 0 Å². The van der Waals surface area contributed by atoms with E-state index in [-0.39, 0.29) is 18.2 Å². The Kier molecular flexibility index (Phi) is 4.31. The van der Waals surface area contributed by atoms with Crippen molar-refractivity contribution in [1.82, 2.24) is 20.7 Å². The lowest BCUT2D eigenvalue weighted by molar-refractivity contribution is -0.136. The second-order valence-corrected chi connectivity index (χ2v) is 7.56. The number of carbonyl (C=O) groups is 3. The first-order valence-electron chi connectivity index (χ1n) is 9.79. The molecule has 1 aromatic heterocycles. The summed E-state index contributed by atoms with van der Waals surface area (Å²) in [6.07, 6.45) is 1.45. The van der Waals surface area contributed by atoms with Gasteiger partial charge in [0.05, 0.1) is 11.3 Å². The SMILES string of the molecule is O=C1CCC(N2Cc3c(CNc4onc5c4CNCC5)cccc3C2=O)C(=O)N1. The number of nitrogens with one attached hydrogen (secondary N) is 3. The first kappa shape index (κ1) is 17.9. The first-order chi connectivity index (χ1) is 14.1. The highest BCUT2D eigenvalue weighted by molar-refractivity contribution is 6.05. The highest BCUT2D eigenvalue weighted by atomic mass is 16.5. The minimum atomic E-state index is -0.610. The van der Waals surface area contributed by atoms with Crippen LogP contribution >= 0.6 is 0 Å². The van der Waals surface area contributed by atoms with E-state index >= 15 is 0 Å². The fourth-order valence-electron chi connectivity index (χ4n) is 4.27. The Bertz CT molecular complexity index is 1010. The summed E-state index contributed by atoms with van der Waals surface area (Å²) >= 11 is 0. The number of aromatic nitrogens is 1. The number of carbonyl (C=O) groups excluding carboxylic acids is 3. The van der Waals surface area contributed by atoms with Crippen LogP contribution in [0, 0.1) is 0 Å². The molecule has 1 saturated heterocycles. The average Bonchev–Trinajstić information content (AvgIpc) is 3.28. The molecule has 2 aromatic rings. The summed E-state index contributed by atoms with van der Waals surface area (Å²) in [6, 6.07) is 4.99. The third-order valence-electron chi connectivity index (χ3n) is 5.83. The van der Waals surface area contributed by atoms with Crippen LogP contribution in [-0.2, 0) is 35.6 Å². The van der Waals surface area contributed by atoms with E-state index in [0.29, 0.717) is 31.0 Å². The van der Waals surface area contributed by atoms with Gasteiger partial charge in [-0.2, -0.15) is 0 Å². The molecular weight excluding hydrogens is 374 g/mol. The number of rotatable bonds is 4.